The van der Waals surface area contributed by atoms with Gasteiger partial charge in [0.25, 0.3) is 0 Å². The molecule has 0 nitrogen and oxygen atoms in total. The second-order valence-electron chi connectivity index (χ2n) is 9.55. The SMILES string of the molecule is CCC[CH2][Sn]([CH2]CCC)([CH2]CCC)[C](=C(F)F)C(CC)CCc1cccc2ccccc12. The summed E-state index contributed by atoms with van der Waals surface area (Å²) in [6, 6.07) is 14.9. The summed E-state index contributed by atoms with van der Waals surface area (Å²) in [5.74, 6) is 0.0420. The zero-order valence-corrected chi connectivity index (χ0v) is 23.7. The van der Waals surface area contributed by atoms with Gasteiger partial charge in [0.1, 0.15) is 0 Å². The van der Waals surface area contributed by atoms with Crippen LogP contribution in [0.2, 0.25) is 13.3 Å². The van der Waals surface area contributed by atoms with E-state index in [4.69, 9.17) is 0 Å². The molecule has 2 aromatic carbocycles. The van der Waals surface area contributed by atoms with Crippen LogP contribution in [0, 0.1) is 5.92 Å². The van der Waals surface area contributed by atoms with E-state index in [1.807, 2.05) is 0 Å². The van der Waals surface area contributed by atoms with E-state index in [9.17, 15) is 8.78 Å². The number of hydrogen-bond donors (Lipinski definition) is 0. The monoisotopic (exact) mass is 550 g/mol. The Bertz CT molecular complexity index is 811. The number of hydrogen-bond acceptors (Lipinski definition) is 0. The van der Waals surface area contributed by atoms with Gasteiger partial charge < -0.3 is 0 Å². The number of aryl methyl sites for hydroxylation is 1. The zero-order valence-electron chi connectivity index (χ0n) is 20.9. The molecule has 0 aliphatic rings. The molecule has 0 saturated carbocycles. The third-order valence-electron chi connectivity index (χ3n) is 7.34. The second kappa shape index (κ2) is 14.4. The molecule has 0 radical (unpaired) electrons. The summed E-state index contributed by atoms with van der Waals surface area (Å²) in [6.07, 6.45) is 7.99. The quantitative estimate of drug-likeness (QED) is 0.194. The van der Waals surface area contributed by atoms with Crippen molar-refractivity contribution < 1.29 is 8.78 Å². The summed E-state index contributed by atoms with van der Waals surface area (Å²) in [5, 5.41) is 2.52. The predicted molar refractivity (Wildman–Crippen MR) is 140 cm³/mol. The number of unbranched alkanes of at least 4 members (excludes halogenated alkanes) is 3. The van der Waals surface area contributed by atoms with Crippen LogP contribution in [0.25, 0.3) is 10.8 Å². The molecule has 0 aliphatic heterocycles. The van der Waals surface area contributed by atoms with Gasteiger partial charge in [0.15, 0.2) is 0 Å². The third kappa shape index (κ3) is 7.30. The van der Waals surface area contributed by atoms with E-state index in [0.717, 1.165) is 74.7 Å². The van der Waals surface area contributed by atoms with Crippen LogP contribution in [0.15, 0.2) is 52.1 Å². The molecule has 0 aromatic heterocycles. The van der Waals surface area contributed by atoms with Gasteiger partial charge in [-0.05, 0) is 0 Å². The van der Waals surface area contributed by atoms with E-state index >= 15 is 0 Å². The molecule has 0 fully saturated rings. The molecule has 2 rings (SSSR count). The molecule has 178 valence electrons. The average Bonchev–Trinajstić information content (AvgIpc) is 2.81. The van der Waals surface area contributed by atoms with Crippen LogP contribution in [0.3, 0.4) is 0 Å². The van der Waals surface area contributed by atoms with Crippen LogP contribution < -0.4 is 0 Å². The van der Waals surface area contributed by atoms with E-state index in [1.165, 1.54) is 16.3 Å². The molecular weight excluding hydrogens is 505 g/mol. The first-order chi connectivity index (χ1) is 15.5. The third-order valence-corrected chi connectivity index (χ3v) is 23.5. The van der Waals surface area contributed by atoms with Gasteiger partial charge in [-0.25, -0.2) is 0 Å². The van der Waals surface area contributed by atoms with Gasteiger partial charge >= 0.3 is 200 Å². The second-order valence-corrected chi connectivity index (χ2v) is 22.7. The first-order valence-corrected chi connectivity index (χ1v) is 20.5. The Hall–Kier alpha value is -0.901. The van der Waals surface area contributed by atoms with Crippen molar-refractivity contribution in [3.63, 3.8) is 0 Å². The van der Waals surface area contributed by atoms with Gasteiger partial charge in [-0.1, -0.05) is 0 Å². The summed E-state index contributed by atoms with van der Waals surface area (Å²) in [5.41, 5.74) is 1.30. The summed E-state index contributed by atoms with van der Waals surface area (Å²) in [4.78, 5) is 0. The number of rotatable bonds is 15. The van der Waals surface area contributed by atoms with Gasteiger partial charge in [0.05, 0.1) is 0 Å². The minimum absolute atomic E-state index is 0.0420. The van der Waals surface area contributed by atoms with Crippen LogP contribution in [0.4, 0.5) is 8.78 Å². The van der Waals surface area contributed by atoms with Crippen molar-refractivity contribution in [2.45, 2.75) is 98.8 Å². The topological polar surface area (TPSA) is 0 Å². The van der Waals surface area contributed by atoms with Gasteiger partial charge in [0, 0.05) is 0 Å². The molecule has 1 atom stereocenters. The maximum atomic E-state index is 14.8. The Morgan fingerprint density at radius 1 is 0.781 bits per heavy atom. The van der Waals surface area contributed by atoms with Gasteiger partial charge in [0.2, 0.25) is 0 Å². The predicted octanol–water partition coefficient (Wildman–Crippen LogP) is 10.3. The van der Waals surface area contributed by atoms with Crippen molar-refractivity contribution in [1.82, 2.24) is 0 Å². The molecule has 0 aliphatic carbocycles. The molecule has 1 unspecified atom stereocenters. The Balaban J connectivity index is 2.38. The first-order valence-electron chi connectivity index (χ1n) is 13.0. The Labute approximate surface area is 199 Å². The Morgan fingerprint density at radius 2 is 1.34 bits per heavy atom. The van der Waals surface area contributed by atoms with E-state index in [-0.39, 0.29) is 5.92 Å². The molecule has 0 heterocycles. The molecule has 0 N–H and O–H groups in total. The fraction of sp³-hybridized carbons (Fsp3) is 0.586. The van der Waals surface area contributed by atoms with E-state index in [2.05, 4.69) is 70.2 Å². The van der Waals surface area contributed by atoms with Crippen molar-refractivity contribution in [3.8, 4) is 0 Å². The minimum atomic E-state index is -3.15. The number of halogens is 2. The van der Waals surface area contributed by atoms with Crippen LogP contribution in [-0.4, -0.2) is 18.4 Å². The molecule has 0 bridgehead atoms. The molecule has 0 saturated heterocycles. The maximum absolute atomic E-state index is 14.8. The van der Waals surface area contributed by atoms with Crippen LogP contribution in [0.5, 0.6) is 0 Å². The van der Waals surface area contributed by atoms with Crippen LogP contribution in [0.1, 0.15) is 84.6 Å². The van der Waals surface area contributed by atoms with E-state index < -0.39 is 24.5 Å². The van der Waals surface area contributed by atoms with Gasteiger partial charge in [-0.15, -0.1) is 0 Å². The number of benzene rings is 2. The molecular formula is C29H44F2Sn. The summed E-state index contributed by atoms with van der Waals surface area (Å²) in [6.45, 7) is 8.77. The standard InChI is InChI=1S/C17H17F2.3C4H9.Sn/c1-2-13(12-17(18)19)10-11-15-8-5-7-14-6-3-4-9-16(14)15;3*1-3-4-2;/h3-9,13H,2,10-11H2,1H3;3*1,3-4H2,2H3;. The molecule has 0 amide bonds. The zero-order chi connectivity index (χ0) is 23.4. The normalized spacial score (nSPS) is 12.8. The van der Waals surface area contributed by atoms with Crippen molar-refractivity contribution in [2.75, 3.05) is 0 Å². The van der Waals surface area contributed by atoms with Gasteiger partial charge in [-0.3, -0.25) is 0 Å². The Morgan fingerprint density at radius 3 is 1.88 bits per heavy atom. The summed E-state index contributed by atoms with van der Waals surface area (Å²) < 4.78 is 33.7. The van der Waals surface area contributed by atoms with Crippen molar-refractivity contribution in [1.29, 1.82) is 0 Å². The fourth-order valence-corrected chi connectivity index (χ4v) is 23.4. The summed E-state index contributed by atoms with van der Waals surface area (Å²) >= 11 is -3.15. The molecule has 2 aromatic rings. The Kier molecular flexibility index (Phi) is 12.3. The van der Waals surface area contributed by atoms with Gasteiger partial charge in [-0.2, -0.15) is 0 Å². The van der Waals surface area contributed by atoms with Crippen LogP contribution >= 0.6 is 0 Å². The number of allylic oxidation sites excluding steroid dienone is 1. The molecule has 0 spiro atoms. The molecule has 32 heavy (non-hydrogen) atoms. The van der Waals surface area contributed by atoms with Crippen LogP contribution in [-0.2, 0) is 6.42 Å². The van der Waals surface area contributed by atoms with E-state index in [1.54, 1.807) is 0 Å². The number of fused-ring (bicyclic) bond motifs is 1. The van der Waals surface area contributed by atoms with E-state index in [0.29, 0.717) is 0 Å². The first kappa shape index (κ1) is 27.3. The fourth-order valence-electron chi connectivity index (χ4n) is 5.51. The van der Waals surface area contributed by atoms with Crippen molar-refractivity contribution in [3.05, 3.63) is 57.7 Å². The molecule has 3 heteroatoms. The van der Waals surface area contributed by atoms with Crippen molar-refractivity contribution in [2.24, 2.45) is 5.92 Å². The average molecular weight is 549 g/mol. The van der Waals surface area contributed by atoms with Crippen molar-refractivity contribution >= 4 is 29.1 Å². The summed E-state index contributed by atoms with van der Waals surface area (Å²) in [7, 11) is 0.